The van der Waals surface area contributed by atoms with Gasteiger partial charge in [-0.15, -0.1) is 0 Å². The lowest BCUT2D eigenvalue weighted by atomic mass is 9.90. The van der Waals surface area contributed by atoms with Gasteiger partial charge in [0.2, 0.25) is 0 Å². The van der Waals surface area contributed by atoms with Crippen molar-refractivity contribution < 1.29 is 0 Å². The summed E-state index contributed by atoms with van der Waals surface area (Å²) in [4.78, 5) is 4.86. The van der Waals surface area contributed by atoms with Crippen LogP contribution in [0.4, 0.5) is 0 Å². The summed E-state index contributed by atoms with van der Waals surface area (Å²) in [6.07, 6.45) is 0. The van der Waals surface area contributed by atoms with Gasteiger partial charge in [0.1, 0.15) is 0 Å². The summed E-state index contributed by atoms with van der Waals surface area (Å²) >= 11 is 25.5. The van der Waals surface area contributed by atoms with E-state index < -0.39 is 0 Å². The molecule has 0 aliphatic rings. The molecule has 0 radical (unpaired) electrons. The first kappa shape index (κ1) is 19.7. The molecule has 30 heavy (non-hydrogen) atoms. The fourth-order valence-electron chi connectivity index (χ4n) is 3.76. The molecule has 5 heteroatoms. The van der Waals surface area contributed by atoms with Gasteiger partial charge in [-0.3, -0.25) is 0 Å². The van der Waals surface area contributed by atoms with Crippen molar-refractivity contribution in [2.75, 3.05) is 0 Å². The fraction of sp³-hybridized carbons (Fsp3) is 0. The first-order chi connectivity index (χ1) is 14.5. The maximum Gasteiger partial charge on any atom is 0.0716 e. The molecule has 0 unspecified atom stereocenters. The molecule has 0 spiro atoms. The maximum atomic E-state index is 6.65. The highest BCUT2D eigenvalue weighted by Gasteiger charge is 2.18. The fourth-order valence-corrected chi connectivity index (χ4v) is 4.78. The molecule has 5 rings (SSSR count). The van der Waals surface area contributed by atoms with Crippen LogP contribution in [0.5, 0.6) is 0 Å². The Kier molecular flexibility index (Phi) is 5.08. The van der Waals surface area contributed by atoms with E-state index in [1.54, 1.807) is 12.1 Å². The largest absolute Gasteiger partial charge is 0.248 e. The normalized spacial score (nSPS) is 11.3. The van der Waals surface area contributed by atoms with Crippen molar-refractivity contribution in [1.29, 1.82) is 0 Å². The molecule has 146 valence electrons. The molecule has 0 aliphatic heterocycles. The first-order valence-electron chi connectivity index (χ1n) is 9.24. The molecule has 0 saturated heterocycles. The first-order valence-corrected chi connectivity index (χ1v) is 10.8. The molecule has 0 bridgehead atoms. The third-order valence-corrected chi connectivity index (χ3v) is 6.22. The van der Waals surface area contributed by atoms with Gasteiger partial charge in [-0.25, -0.2) is 4.98 Å². The number of halogens is 4. The van der Waals surface area contributed by atoms with Crippen LogP contribution in [0.15, 0.2) is 78.9 Å². The standard InChI is InChI=1S/C25H13Cl4N/c26-15-5-7-17(21(28)12-15)18-9-10-24-20(11-14-3-1-2-4-23(14)30-24)25(18)19-8-6-16(27)13-22(19)29/h1-13H. The Morgan fingerprint density at radius 3 is 1.87 bits per heavy atom. The van der Waals surface area contributed by atoms with Gasteiger partial charge in [0, 0.05) is 47.6 Å². The SMILES string of the molecule is Clc1ccc(-c2ccc3nc4ccccc4cc3c2-c2ccc(Cl)cc2Cl)c(Cl)c1. The Bertz CT molecular complexity index is 1440. The summed E-state index contributed by atoms with van der Waals surface area (Å²) in [5.41, 5.74) is 5.46. The molecule has 1 aromatic heterocycles. The average Bonchev–Trinajstić information content (AvgIpc) is 2.72. The smallest absolute Gasteiger partial charge is 0.0716 e. The Balaban J connectivity index is 1.93. The van der Waals surface area contributed by atoms with Gasteiger partial charge < -0.3 is 0 Å². The predicted octanol–water partition coefficient (Wildman–Crippen LogP) is 9.34. The number of hydrogen-bond donors (Lipinski definition) is 0. The van der Waals surface area contributed by atoms with Crippen LogP contribution in [0.25, 0.3) is 44.1 Å². The Labute approximate surface area is 193 Å². The van der Waals surface area contributed by atoms with Gasteiger partial charge >= 0.3 is 0 Å². The quantitative estimate of drug-likeness (QED) is 0.235. The number of hydrogen-bond acceptors (Lipinski definition) is 1. The highest BCUT2D eigenvalue weighted by Crippen LogP contribution is 2.44. The number of rotatable bonds is 2. The van der Waals surface area contributed by atoms with Crippen LogP contribution in [0.3, 0.4) is 0 Å². The van der Waals surface area contributed by atoms with Crippen molar-refractivity contribution >= 4 is 68.2 Å². The van der Waals surface area contributed by atoms with Crippen LogP contribution < -0.4 is 0 Å². The second-order valence-electron chi connectivity index (χ2n) is 6.98. The van der Waals surface area contributed by atoms with Gasteiger partial charge in [0.15, 0.2) is 0 Å². The van der Waals surface area contributed by atoms with Crippen LogP contribution in [-0.2, 0) is 0 Å². The van der Waals surface area contributed by atoms with E-state index in [9.17, 15) is 0 Å². The van der Waals surface area contributed by atoms with E-state index >= 15 is 0 Å². The van der Waals surface area contributed by atoms with Crippen LogP contribution in [0.2, 0.25) is 20.1 Å². The molecule has 0 aliphatic carbocycles. The summed E-state index contributed by atoms with van der Waals surface area (Å²) < 4.78 is 0. The summed E-state index contributed by atoms with van der Waals surface area (Å²) in [5, 5.41) is 4.34. The van der Waals surface area contributed by atoms with Crippen molar-refractivity contribution in [3.05, 3.63) is 99.0 Å². The molecule has 5 aromatic rings. The molecule has 0 fully saturated rings. The Morgan fingerprint density at radius 2 is 1.17 bits per heavy atom. The molecule has 0 atom stereocenters. The van der Waals surface area contributed by atoms with E-state index in [0.29, 0.717) is 20.1 Å². The van der Waals surface area contributed by atoms with Gasteiger partial charge in [-0.2, -0.15) is 0 Å². The second-order valence-corrected chi connectivity index (χ2v) is 8.67. The minimum Gasteiger partial charge on any atom is -0.248 e. The highest BCUT2D eigenvalue weighted by atomic mass is 35.5. The van der Waals surface area contributed by atoms with Crippen molar-refractivity contribution in [3.63, 3.8) is 0 Å². The van der Waals surface area contributed by atoms with Crippen molar-refractivity contribution in [2.24, 2.45) is 0 Å². The van der Waals surface area contributed by atoms with Gasteiger partial charge in [-0.05, 0) is 48.0 Å². The summed E-state index contributed by atoms with van der Waals surface area (Å²) in [7, 11) is 0. The van der Waals surface area contributed by atoms with Crippen molar-refractivity contribution in [2.45, 2.75) is 0 Å². The monoisotopic (exact) mass is 467 g/mol. The number of para-hydroxylation sites is 1. The molecule has 0 N–H and O–H groups in total. The molecule has 0 amide bonds. The lowest BCUT2D eigenvalue weighted by Crippen LogP contribution is -1.92. The van der Waals surface area contributed by atoms with Gasteiger partial charge in [0.05, 0.1) is 11.0 Å². The molecule has 4 aromatic carbocycles. The van der Waals surface area contributed by atoms with Crippen molar-refractivity contribution in [3.8, 4) is 22.3 Å². The number of benzene rings is 4. The Morgan fingerprint density at radius 1 is 0.533 bits per heavy atom. The third kappa shape index (κ3) is 3.42. The van der Waals surface area contributed by atoms with Crippen LogP contribution in [-0.4, -0.2) is 4.98 Å². The molecular formula is C25H13Cl4N. The molecular weight excluding hydrogens is 456 g/mol. The maximum absolute atomic E-state index is 6.65. The minimum absolute atomic E-state index is 0.564. The van der Waals surface area contributed by atoms with E-state index in [2.05, 4.69) is 12.1 Å². The van der Waals surface area contributed by atoms with Crippen molar-refractivity contribution in [1.82, 2.24) is 4.98 Å². The molecule has 1 heterocycles. The number of nitrogens with zero attached hydrogens (tertiary/aromatic N) is 1. The number of pyridine rings is 1. The number of fused-ring (bicyclic) bond motifs is 2. The zero-order chi connectivity index (χ0) is 20.8. The average molecular weight is 469 g/mol. The summed E-state index contributed by atoms with van der Waals surface area (Å²) in [6, 6.07) is 25.3. The lowest BCUT2D eigenvalue weighted by molar-refractivity contribution is 1.49. The second kappa shape index (κ2) is 7.76. The zero-order valence-electron chi connectivity index (χ0n) is 15.5. The van der Waals surface area contributed by atoms with E-state index in [4.69, 9.17) is 51.4 Å². The van der Waals surface area contributed by atoms with Crippen LogP contribution in [0.1, 0.15) is 0 Å². The highest BCUT2D eigenvalue weighted by molar-refractivity contribution is 6.38. The van der Waals surface area contributed by atoms with E-state index in [0.717, 1.165) is 44.1 Å². The summed E-state index contributed by atoms with van der Waals surface area (Å²) in [6.45, 7) is 0. The predicted molar refractivity (Wildman–Crippen MR) is 130 cm³/mol. The van der Waals surface area contributed by atoms with E-state index in [-0.39, 0.29) is 0 Å². The summed E-state index contributed by atoms with van der Waals surface area (Å²) in [5.74, 6) is 0. The van der Waals surface area contributed by atoms with E-state index in [1.807, 2.05) is 54.6 Å². The van der Waals surface area contributed by atoms with Crippen LogP contribution >= 0.6 is 46.4 Å². The van der Waals surface area contributed by atoms with Gasteiger partial charge in [0.25, 0.3) is 0 Å². The third-order valence-electron chi connectivity index (χ3n) is 5.12. The van der Waals surface area contributed by atoms with Gasteiger partial charge in [-0.1, -0.05) is 82.8 Å². The molecule has 0 saturated carbocycles. The minimum atomic E-state index is 0.564. The number of aromatic nitrogens is 1. The van der Waals surface area contributed by atoms with Crippen LogP contribution in [0, 0.1) is 0 Å². The zero-order valence-corrected chi connectivity index (χ0v) is 18.5. The Hall–Kier alpha value is -2.29. The van der Waals surface area contributed by atoms with E-state index in [1.165, 1.54) is 0 Å². The topological polar surface area (TPSA) is 12.9 Å². The lowest BCUT2D eigenvalue weighted by Gasteiger charge is -2.17. The molecule has 1 nitrogen and oxygen atoms in total.